The Morgan fingerprint density at radius 1 is 1.30 bits per heavy atom. The number of nitrogens with one attached hydrogen (secondary N) is 1. The largest absolute Gasteiger partial charge is 0.381 e. The van der Waals surface area contributed by atoms with E-state index in [1.165, 1.54) is 6.07 Å². The first kappa shape index (κ1) is 15.9. The van der Waals surface area contributed by atoms with E-state index in [1.807, 2.05) is 6.07 Å². The van der Waals surface area contributed by atoms with E-state index in [9.17, 15) is 4.39 Å². The molecule has 0 unspecified atom stereocenters. The summed E-state index contributed by atoms with van der Waals surface area (Å²) in [5.74, 6) is -0.173. The van der Waals surface area contributed by atoms with Gasteiger partial charge in [0.05, 0.1) is 0 Å². The number of halogens is 2. The van der Waals surface area contributed by atoms with Gasteiger partial charge >= 0.3 is 0 Å². The van der Waals surface area contributed by atoms with Crippen LogP contribution in [0.2, 0.25) is 0 Å². The maximum Gasteiger partial charge on any atom is 0.124 e. The average Bonchev–Trinajstić information content (AvgIpc) is 2.36. The molecule has 1 aliphatic heterocycles. The zero-order valence-corrected chi connectivity index (χ0v) is 13.8. The van der Waals surface area contributed by atoms with Crippen molar-refractivity contribution in [1.29, 1.82) is 0 Å². The highest BCUT2D eigenvalue weighted by Gasteiger charge is 2.32. The van der Waals surface area contributed by atoms with Gasteiger partial charge in [0.25, 0.3) is 0 Å². The fraction of sp³-hybridized carbons (Fsp3) is 0.625. The quantitative estimate of drug-likeness (QED) is 0.874. The van der Waals surface area contributed by atoms with Crippen molar-refractivity contribution in [3.8, 4) is 0 Å². The van der Waals surface area contributed by atoms with E-state index in [-0.39, 0.29) is 11.2 Å². The molecule has 1 aromatic carbocycles. The molecule has 1 aromatic rings. The molecule has 112 valence electrons. The summed E-state index contributed by atoms with van der Waals surface area (Å²) in [6.07, 6.45) is 2.95. The maximum atomic E-state index is 13.6. The standard InChI is InChI=1S/C16H23BrFNO/c1-12(2)19-11-16(3-5-20-6-4-16)10-13-7-14(17)9-15(18)8-13/h7-9,12,19H,3-6,10-11H2,1-2H3. The lowest BCUT2D eigenvalue weighted by Gasteiger charge is -2.38. The Morgan fingerprint density at radius 2 is 2.00 bits per heavy atom. The molecule has 1 fully saturated rings. The molecule has 0 bridgehead atoms. The summed E-state index contributed by atoms with van der Waals surface area (Å²) in [5.41, 5.74) is 1.24. The Morgan fingerprint density at radius 3 is 2.60 bits per heavy atom. The van der Waals surface area contributed by atoms with Gasteiger partial charge in [-0.1, -0.05) is 29.8 Å². The molecule has 0 atom stereocenters. The van der Waals surface area contributed by atoms with E-state index < -0.39 is 0 Å². The van der Waals surface area contributed by atoms with Crippen LogP contribution in [0, 0.1) is 11.2 Å². The minimum absolute atomic E-state index is 0.173. The van der Waals surface area contributed by atoms with Crippen LogP contribution in [0.5, 0.6) is 0 Å². The monoisotopic (exact) mass is 343 g/mol. The van der Waals surface area contributed by atoms with Crippen molar-refractivity contribution in [2.24, 2.45) is 5.41 Å². The molecule has 2 rings (SSSR count). The van der Waals surface area contributed by atoms with E-state index in [1.54, 1.807) is 6.07 Å². The van der Waals surface area contributed by atoms with Gasteiger partial charge in [0, 0.05) is 30.3 Å². The molecule has 2 nitrogen and oxygen atoms in total. The van der Waals surface area contributed by atoms with Gasteiger partial charge in [-0.3, -0.25) is 0 Å². The third kappa shape index (κ3) is 4.54. The van der Waals surface area contributed by atoms with Gasteiger partial charge < -0.3 is 10.1 Å². The molecule has 1 aliphatic rings. The number of ether oxygens (including phenoxy) is 1. The zero-order valence-electron chi connectivity index (χ0n) is 12.2. The first-order valence-electron chi connectivity index (χ1n) is 7.25. The Labute approximate surface area is 129 Å². The zero-order chi connectivity index (χ0) is 14.6. The number of hydrogen-bond donors (Lipinski definition) is 1. The van der Waals surface area contributed by atoms with Crippen LogP contribution in [0.1, 0.15) is 32.3 Å². The highest BCUT2D eigenvalue weighted by atomic mass is 79.9. The molecule has 0 radical (unpaired) electrons. The van der Waals surface area contributed by atoms with Gasteiger partial charge in [0.2, 0.25) is 0 Å². The van der Waals surface area contributed by atoms with Crippen LogP contribution in [0.4, 0.5) is 4.39 Å². The molecule has 4 heteroatoms. The van der Waals surface area contributed by atoms with Crippen molar-refractivity contribution < 1.29 is 9.13 Å². The molecule has 0 spiro atoms. The van der Waals surface area contributed by atoms with Crippen molar-refractivity contribution in [2.75, 3.05) is 19.8 Å². The van der Waals surface area contributed by atoms with E-state index in [4.69, 9.17) is 4.74 Å². The average molecular weight is 344 g/mol. The third-order valence-corrected chi connectivity index (χ3v) is 4.40. The van der Waals surface area contributed by atoms with Crippen LogP contribution < -0.4 is 5.32 Å². The lowest BCUT2D eigenvalue weighted by Crippen LogP contribution is -2.42. The number of benzene rings is 1. The minimum atomic E-state index is -0.173. The summed E-state index contributed by atoms with van der Waals surface area (Å²) in [6, 6.07) is 5.65. The Bertz CT molecular complexity index is 424. The summed E-state index contributed by atoms with van der Waals surface area (Å²) in [6.45, 7) is 6.88. The van der Waals surface area contributed by atoms with Crippen molar-refractivity contribution in [3.63, 3.8) is 0 Å². The van der Waals surface area contributed by atoms with E-state index in [0.717, 1.165) is 49.1 Å². The summed E-state index contributed by atoms with van der Waals surface area (Å²) >= 11 is 3.38. The third-order valence-electron chi connectivity index (χ3n) is 3.94. The molecule has 0 saturated carbocycles. The Balaban J connectivity index is 2.13. The second-order valence-corrected chi connectivity index (χ2v) is 7.02. The van der Waals surface area contributed by atoms with Crippen LogP contribution in [0.3, 0.4) is 0 Å². The summed E-state index contributed by atoms with van der Waals surface area (Å²) in [5, 5.41) is 3.54. The van der Waals surface area contributed by atoms with Gasteiger partial charge in [-0.15, -0.1) is 0 Å². The van der Waals surface area contributed by atoms with E-state index in [2.05, 4.69) is 35.1 Å². The predicted octanol–water partition coefficient (Wildman–Crippen LogP) is 3.93. The highest BCUT2D eigenvalue weighted by Crippen LogP contribution is 2.34. The van der Waals surface area contributed by atoms with Crippen molar-refractivity contribution in [3.05, 3.63) is 34.1 Å². The van der Waals surface area contributed by atoms with Crippen LogP contribution in [-0.2, 0) is 11.2 Å². The molecular weight excluding hydrogens is 321 g/mol. The lowest BCUT2D eigenvalue weighted by atomic mass is 9.75. The Hall–Kier alpha value is -0.450. The minimum Gasteiger partial charge on any atom is -0.381 e. The molecule has 0 aromatic heterocycles. The van der Waals surface area contributed by atoms with Crippen molar-refractivity contribution in [1.82, 2.24) is 5.32 Å². The van der Waals surface area contributed by atoms with Crippen molar-refractivity contribution in [2.45, 2.75) is 39.2 Å². The number of hydrogen-bond acceptors (Lipinski definition) is 2. The summed E-state index contributed by atoms with van der Waals surface area (Å²) in [7, 11) is 0. The molecule has 1 saturated heterocycles. The van der Waals surface area contributed by atoms with E-state index >= 15 is 0 Å². The molecule has 20 heavy (non-hydrogen) atoms. The smallest absolute Gasteiger partial charge is 0.124 e. The highest BCUT2D eigenvalue weighted by molar-refractivity contribution is 9.10. The molecular formula is C16H23BrFNO. The van der Waals surface area contributed by atoms with Gasteiger partial charge in [-0.2, -0.15) is 0 Å². The first-order chi connectivity index (χ1) is 9.49. The Kier molecular flexibility index (Phi) is 5.58. The fourth-order valence-electron chi connectivity index (χ4n) is 2.79. The predicted molar refractivity (Wildman–Crippen MR) is 83.4 cm³/mol. The number of rotatable bonds is 5. The van der Waals surface area contributed by atoms with Gasteiger partial charge in [-0.05, 0) is 48.4 Å². The van der Waals surface area contributed by atoms with Crippen LogP contribution in [0.25, 0.3) is 0 Å². The summed E-state index contributed by atoms with van der Waals surface area (Å²) in [4.78, 5) is 0. The normalized spacial score (nSPS) is 18.4. The second-order valence-electron chi connectivity index (χ2n) is 6.10. The molecule has 1 N–H and O–H groups in total. The van der Waals surface area contributed by atoms with Crippen molar-refractivity contribution >= 4 is 15.9 Å². The SMILES string of the molecule is CC(C)NCC1(Cc2cc(F)cc(Br)c2)CCOCC1. The molecule has 1 heterocycles. The fourth-order valence-corrected chi connectivity index (χ4v) is 3.30. The van der Waals surface area contributed by atoms with Gasteiger partial charge in [0.15, 0.2) is 0 Å². The first-order valence-corrected chi connectivity index (χ1v) is 8.05. The van der Waals surface area contributed by atoms with Gasteiger partial charge in [0.1, 0.15) is 5.82 Å². The van der Waals surface area contributed by atoms with Crippen LogP contribution in [0.15, 0.2) is 22.7 Å². The topological polar surface area (TPSA) is 21.3 Å². The lowest BCUT2D eigenvalue weighted by molar-refractivity contribution is 0.0140. The second kappa shape index (κ2) is 7.01. The van der Waals surface area contributed by atoms with Crippen LogP contribution in [-0.4, -0.2) is 25.8 Å². The van der Waals surface area contributed by atoms with E-state index in [0.29, 0.717) is 6.04 Å². The molecule has 0 aliphatic carbocycles. The van der Waals surface area contributed by atoms with Crippen LogP contribution >= 0.6 is 15.9 Å². The molecule has 0 amide bonds. The maximum absolute atomic E-state index is 13.6. The summed E-state index contributed by atoms with van der Waals surface area (Å²) < 4.78 is 19.9. The van der Waals surface area contributed by atoms with Gasteiger partial charge in [-0.25, -0.2) is 4.39 Å².